The van der Waals surface area contributed by atoms with Gasteiger partial charge in [0.25, 0.3) is 11.2 Å². The van der Waals surface area contributed by atoms with E-state index in [0.29, 0.717) is 10.9 Å². The van der Waals surface area contributed by atoms with Crippen molar-refractivity contribution in [1.29, 1.82) is 0 Å². The zero-order chi connectivity index (χ0) is 22.1. The molecule has 1 atom stereocenters. The largest absolute Gasteiger partial charge is 0.339 e. The van der Waals surface area contributed by atoms with Crippen molar-refractivity contribution in [1.82, 2.24) is 14.5 Å². The number of carbonyl (C=O) groups excluding carboxylic acids is 1. The van der Waals surface area contributed by atoms with Crippen LogP contribution >= 0.6 is 11.3 Å². The van der Waals surface area contributed by atoms with Gasteiger partial charge in [-0.2, -0.15) is 0 Å². The number of amides is 1. The van der Waals surface area contributed by atoms with Crippen molar-refractivity contribution in [3.63, 3.8) is 0 Å². The molecule has 0 unspecified atom stereocenters. The fourth-order valence-corrected chi connectivity index (χ4v) is 5.29. The van der Waals surface area contributed by atoms with E-state index in [9.17, 15) is 19.7 Å². The van der Waals surface area contributed by atoms with Crippen LogP contribution in [-0.4, -0.2) is 32.3 Å². The van der Waals surface area contributed by atoms with Crippen LogP contribution in [0, 0.1) is 10.1 Å². The van der Waals surface area contributed by atoms with Gasteiger partial charge >= 0.3 is 0 Å². The number of fused-ring (bicyclic) bond motifs is 3. The van der Waals surface area contributed by atoms with Gasteiger partial charge in [0.2, 0.25) is 5.91 Å². The Morgan fingerprint density at radius 1 is 1.35 bits per heavy atom. The van der Waals surface area contributed by atoms with Gasteiger partial charge in [0.05, 0.1) is 22.7 Å². The minimum atomic E-state index is -0.448. The van der Waals surface area contributed by atoms with Crippen LogP contribution in [0.1, 0.15) is 48.2 Å². The smallest absolute Gasteiger partial charge is 0.269 e. The quantitative estimate of drug-likeness (QED) is 0.428. The van der Waals surface area contributed by atoms with Gasteiger partial charge in [-0.3, -0.25) is 24.3 Å². The van der Waals surface area contributed by atoms with Gasteiger partial charge < -0.3 is 4.90 Å². The van der Waals surface area contributed by atoms with E-state index in [1.807, 2.05) is 6.92 Å². The molecule has 0 aliphatic heterocycles. The Kier molecular flexibility index (Phi) is 5.86. The molecule has 162 valence electrons. The fourth-order valence-electron chi connectivity index (χ4n) is 4.07. The highest BCUT2D eigenvalue weighted by atomic mass is 32.1. The standard InChI is InChI=1S/C22H24N4O4S/c1-14(15-6-5-7-16(12-15)26(29)30)24(2)19(27)10-11-25-13-23-21-20(22(25)28)17-8-3-4-9-18(17)31-21/h5-7,12-14H,3-4,8-11H2,1-2H3/t14-/m0/s1. The lowest BCUT2D eigenvalue weighted by molar-refractivity contribution is -0.384. The molecule has 3 aromatic rings. The normalized spacial score (nSPS) is 14.3. The van der Waals surface area contributed by atoms with Crippen molar-refractivity contribution in [3.05, 3.63) is 67.1 Å². The first-order valence-corrected chi connectivity index (χ1v) is 11.2. The second-order valence-electron chi connectivity index (χ2n) is 7.92. The predicted octanol–water partition coefficient (Wildman–Crippen LogP) is 3.85. The van der Waals surface area contributed by atoms with Gasteiger partial charge in [0.15, 0.2) is 0 Å². The number of non-ortho nitro benzene ring substituents is 1. The van der Waals surface area contributed by atoms with Crippen LogP contribution in [0.4, 0.5) is 5.69 Å². The first-order valence-electron chi connectivity index (χ1n) is 10.4. The molecule has 2 heterocycles. The topological polar surface area (TPSA) is 98.3 Å². The van der Waals surface area contributed by atoms with Gasteiger partial charge in [-0.15, -0.1) is 11.3 Å². The third kappa shape index (κ3) is 4.10. The second kappa shape index (κ2) is 8.58. The number of carbonyl (C=O) groups is 1. The number of aromatic nitrogens is 2. The predicted molar refractivity (Wildman–Crippen MR) is 119 cm³/mol. The molecule has 1 aliphatic carbocycles. The van der Waals surface area contributed by atoms with Crippen molar-refractivity contribution in [3.8, 4) is 0 Å². The Hall–Kier alpha value is -3.07. The molecular formula is C22H24N4O4S. The van der Waals surface area contributed by atoms with E-state index in [2.05, 4.69) is 4.98 Å². The molecule has 0 saturated carbocycles. The SMILES string of the molecule is C[C@@H](c1cccc([N+](=O)[O-])c1)N(C)C(=O)CCn1cnc2sc3c(c2c1=O)CCCC3. The highest BCUT2D eigenvalue weighted by Crippen LogP contribution is 2.33. The van der Waals surface area contributed by atoms with E-state index in [4.69, 9.17) is 0 Å². The third-order valence-electron chi connectivity index (χ3n) is 6.05. The molecule has 1 aromatic carbocycles. The number of rotatable bonds is 6. The number of thiophene rings is 1. The fraction of sp³-hybridized carbons (Fsp3) is 0.409. The molecule has 1 aliphatic rings. The van der Waals surface area contributed by atoms with E-state index in [0.717, 1.165) is 36.1 Å². The summed E-state index contributed by atoms with van der Waals surface area (Å²) >= 11 is 1.61. The zero-order valence-corrected chi connectivity index (χ0v) is 18.4. The number of nitro groups is 1. The molecule has 0 spiro atoms. The number of nitro benzene ring substituents is 1. The van der Waals surface area contributed by atoms with Crippen LogP contribution < -0.4 is 5.56 Å². The van der Waals surface area contributed by atoms with Crippen molar-refractivity contribution in [2.24, 2.45) is 0 Å². The van der Waals surface area contributed by atoms with Crippen molar-refractivity contribution < 1.29 is 9.72 Å². The Bertz CT molecular complexity index is 1220. The van der Waals surface area contributed by atoms with E-state index >= 15 is 0 Å². The summed E-state index contributed by atoms with van der Waals surface area (Å²) in [7, 11) is 1.67. The monoisotopic (exact) mass is 440 g/mol. The Morgan fingerprint density at radius 2 is 2.13 bits per heavy atom. The van der Waals surface area contributed by atoms with Crippen LogP contribution in [0.5, 0.6) is 0 Å². The molecule has 1 amide bonds. The Balaban J connectivity index is 1.49. The number of benzene rings is 1. The number of nitrogens with zero attached hydrogens (tertiary/aromatic N) is 4. The van der Waals surface area contributed by atoms with Gasteiger partial charge in [0, 0.05) is 37.0 Å². The minimum Gasteiger partial charge on any atom is -0.339 e. The summed E-state index contributed by atoms with van der Waals surface area (Å²) in [6.45, 7) is 2.08. The van der Waals surface area contributed by atoms with Crippen molar-refractivity contribution in [2.75, 3.05) is 7.05 Å². The highest BCUT2D eigenvalue weighted by molar-refractivity contribution is 7.18. The molecule has 0 N–H and O–H groups in total. The van der Waals surface area contributed by atoms with Gasteiger partial charge in [-0.05, 0) is 43.7 Å². The van der Waals surface area contributed by atoms with Crippen LogP contribution in [0.15, 0.2) is 35.4 Å². The van der Waals surface area contributed by atoms with E-state index in [1.54, 1.807) is 35.4 Å². The van der Waals surface area contributed by atoms with Crippen LogP contribution in [-0.2, 0) is 24.2 Å². The average molecular weight is 441 g/mol. The van der Waals surface area contributed by atoms with Crippen LogP contribution in [0.25, 0.3) is 10.2 Å². The van der Waals surface area contributed by atoms with Gasteiger partial charge in [-0.1, -0.05) is 12.1 Å². The molecule has 4 rings (SSSR count). The number of aryl methyl sites for hydroxylation is 3. The average Bonchev–Trinajstić information content (AvgIpc) is 3.16. The summed E-state index contributed by atoms with van der Waals surface area (Å²) in [5.74, 6) is -0.140. The summed E-state index contributed by atoms with van der Waals surface area (Å²) in [6.07, 6.45) is 5.84. The van der Waals surface area contributed by atoms with Crippen molar-refractivity contribution >= 4 is 33.1 Å². The first-order chi connectivity index (χ1) is 14.9. The van der Waals surface area contributed by atoms with E-state index in [-0.39, 0.29) is 36.2 Å². The van der Waals surface area contributed by atoms with Gasteiger partial charge in [0.1, 0.15) is 4.83 Å². The van der Waals surface area contributed by atoms with E-state index in [1.165, 1.54) is 27.9 Å². The first kappa shape index (κ1) is 21.2. The van der Waals surface area contributed by atoms with Crippen LogP contribution in [0.2, 0.25) is 0 Å². The van der Waals surface area contributed by atoms with Crippen molar-refractivity contribution in [2.45, 2.75) is 51.6 Å². The van der Waals surface area contributed by atoms with Crippen LogP contribution in [0.3, 0.4) is 0 Å². The Morgan fingerprint density at radius 3 is 2.90 bits per heavy atom. The molecule has 0 saturated heterocycles. The zero-order valence-electron chi connectivity index (χ0n) is 17.5. The summed E-state index contributed by atoms with van der Waals surface area (Å²) in [5, 5.41) is 11.7. The summed E-state index contributed by atoms with van der Waals surface area (Å²) in [4.78, 5) is 44.5. The molecule has 9 heteroatoms. The number of hydrogen-bond acceptors (Lipinski definition) is 6. The molecule has 31 heavy (non-hydrogen) atoms. The molecule has 8 nitrogen and oxygen atoms in total. The lowest BCUT2D eigenvalue weighted by Crippen LogP contribution is -2.31. The maximum absolute atomic E-state index is 13.0. The molecule has 0 radical (unpaired) electrons. The molecule has 0 fully saturated rings. The summed E-state index contributed by atoms with van der Waals surface area (Å²) in [5.41, 5.74) is 1.75. The second-order valence-corrected chi connectivity index (χ2v) is 9.00. The molecule has 0 bridgehead atoms. The van der Waals surface area contributed by atoms with E-state index < -0.39 is 4.92 Å². The van der Waals surface area contributed by atoms with Gasteiger partial charge in [-0.25, -0.2) is 4.98 Å². The maximum Gasteiger partial charge on any atom is 0.269 e. The molecule has 2 aromatic heterocycles. The number of hydrogen-bond donors (Lipinski definition) is 0. The highest BCUT2D eigenvalue weighted by Gasteiger charge is 2.22. The summed E-state index contributed by atoms with van der Waals surface area (Å²) in [6, 6.07) is 5.97. The maximum atomic E-state index is 13.0. The lowest BCUT2D eigenvalue weighted by atomic mass is 9.97. The third-order valence-corrected chi connectivity index (χ3v) is 7.25. The minimum absolute atomic E-state index is 0.00442. The lowest BCUT2D eigenvalue weighted by Gasteiger charge is -2.25. The Labute approximate surface area is 183 Å². The summed E-state index contributed by atoms with van der Waals surface area (Å²) < 4.78 is 1.52. The molecular weight excluding hydrogens is 416 g/mol.